The summed E-state index contributed by atoms with van der Waals surface area (Å²) in [5.41, 5.74) is 0.362. The molecular formula is C13H10F2OS. The standard InChI is InChI=1S/C13H10F2OS/c14-13(15)11(9-5-2-1-3-6-9)12(16)10-7-4-8-17-10/h1-8,11,13H. The van der Waals surface area contributed by atoms with E-state index in [1.807, 2.05) is 0 Å². The monoisotopic (exact) mass is 252 g/mol. The topological polar surface area (TPSA) is 17.1 Å². The largest absolute Gasteiger partial charge is 0.292 e. The molecule has 17 heavy (non-hydrogen) atoms. The quantitative estimate of drug-likeness (QED) is 0.752. The number of carbonyl (C=O) groups excluding carboxylic acids is 1. The van der Waals surface area contributed by atoms with Crippen LogP contribution in [0, 0.1) is 0 Å². The molecule has 2 aromatic rings. The van der Waals surface area contributed by atoms with Crippen LogP contribution in [0.5, 0.6) is 0 Å². The molecule has 0 bridgehead atoms. The van der Waals surface area contributed by atoms with Gasteiger partial charge in [0.1, 0.15) is 5.92 Å². The summed E-state index contributed by atoms with van der Waals surface area (Å²) in [7, 11) is 0. The average molecular weight is 252 g/mol. The summed E-state index contributed by atoms with van der Waals surface area (Å²) in [6, 6.07) is 11.4. The van der Waals surface area contributed by atoms with Gasteiger partial charge in [0, 0.05) is 0 Å². The molecule has 1 atom stereocenters. The molecule has 0 spiro atoms. The lowest BCUT2D eigenvalue weighted by atomic mass is 9.94. The maximum absolute atomic E-state index is 13.0. The van der Waals surface area contributed by atoms with E-state index in [1.54, 1.807) is 47.8 Å². The number of hydrogen-bond acceptors (Lipinski definition) is 2. The van der Waals surface area contributed by atoms with Gasteiger partial charge in [-0.1, -0.05) is 36.4 Å². The van der Waals surface area contributed by atoms with Crippen LogP contribution in [0.1, 0.15) is 21.2 Å². The fourth-order valence-corrected chi connectivity index (χ4v) is 2.35. The number of thiophene rings is 1. The van der Waals surface area contributed by atoms with Gasteiger partial charge in [-0.15, -0.1) is 11.3 Å². The van der Waals surface area contributed by atoms with Crippen LogP contribution in [0.3, 0.4) is 0 Å². The van der Waals surface area contributed by atoms with E-state index < -0.39 is 18.1 Å². The fourth-order valence-electron chi connectivity index (χ4n) is 1.64. The molecule has 0 aliphatic carbocycles. The number of ketones is 1. The molecule has 0 saturated heterocycles. The van der Waals surface area contributed by atoms with E-state index in [0.717, 1.165) is 0 Å². The Balaban J connectivity index is 2.34. The van der Waals surface area contributed by atoms with Crippen molar-refractivity contribution in [3.8, 4) is 0 Å². The van der Waals surface area contributed by atoms with Gasteiger partial charge in [0.15, 0.2) is 5.78 Å². The minimum absolute atomic E-state index is 0.362. The number of alkyl halides is 2. The summed E-state index contributed by atoms with van der Waals surface area (Å²) < 4.78 is 26.0. The van der Waals surface area contributed by atoms with E-state index in [-0.39, 0.29) is 0 Å². The first-order valence-corrected chi connectivity index (χ1v) is 5.99. The highest BCUT2D eigenvalue weighted by Gasteiger charge is 2.31. The van der Waals surface area contributed by atoms with E-state index >= 15 is 0 Å². The molecule has 1 aromatic heterocycles. The highest BCUT2D eigenvalue weighted by molar-refractivity contribution is 7.12. The number of hydrogen-bond donors (Lipinski definition) is 0. The molecule has 0 aliphatic heterocycles. The number of halogens is 2. The molecule has 4 heteroatoms. The zero-order valence-corrected chi connectivity index (χ0v) is 9.66. The van der Waals surface area contributed by atoms with E-state index in [1.165, 1.54) is 11.3 Å². The van der Waals surface area contributed by atoms with Gasteiger partial charge in [-0.2, -0.15) is 0 Å². The Labute approximate surface area is 102 Å². The third-order valence-electron chi connectivity index (χ3n) is 2.46. The molecular weight excluding hydrogens is 242 g/mol. The predicted molar refractivity (Wildman–Crippen MR) is 63.8 cm³/mol. The Hall–Kier alpha value is -1.55. The van der Waals surface area contributed by atoms with E-state index in [9.17, 15) is 13.6 Å². The lowest BCUT2D eigenvalue weighted by Gasteiger charge is -2.14. The Morgan fingerprint density at radius 1 is 1.06 bits per heavy atom. The SMILES string of the molecule is O=C(c1cccs1)C(c1ccccc1)C(F)F. The Morgan fingerprint density at radius 3 is 2.29 bits per heavy atom. The second-order valence-corrected chi connectivity index (χ2v) is 4.51. The molecule has 0 fully saturated rings. The summed E-state index contributed by atoms with van der Waals surface area (Å²) in [5.74, 6) is -1.88. The van der Waals surface area contributed by atoms with Crippen molar-refractivity contribution >= 4 is 17.1 Å². The minimum Gasteiger partial charge on any atom is -0.292 e. The maximum atomic E-state index is 13.0. The molecule has 0 N–H and O–H groups in total. The van der Waals surface area contributed by atoms with E-state index in [2.05, 4.69) is 0 Å². The molecule has 1 nitrogen and oxygen atoms in total. The van der Waals surface area contributed by atoms with Gasteiger partial charge in [0.25, 0.3) is 6.43 Å². The lowest BCUT2D eigenvalue weighted by molar-refractivity contribution is 0.0739. The lowest BCUT2D eigenvalue weighted by Crippen LogP contribution is -2.19. The van der Waals surface area contributed by atoms with Crippen LogP contribution < -0.4 is 0 Å². The van der Waals surface area contributed by atoms with Crippen LogP contribution in [0.15, 0.2) is 47.8 Å². The maximum Gasteiger partial charge on any atom is 0.252 e. The molecule has 88 valence electrons. The third kappa shape index (κ3) is 2.58. The number of benzene rings is 1. The van der Waals surface area contributed by atoms with Gasteiger partial charge in [0.05, 0.1) is 4.88 Å². The Morgan fingerprint density at radius 2 is 1.76 bits per heavy atom. The third-order valence-corrected chi connectivity index (χ3v) is 3.34. The van der Waals surface area contributed by atoms with E-state index in [4.69, 9.17) is 0 Å². The summed E-state index contributed by atoms with van der Waals surface area (Å²) in [6.07, 6.45) is -2.69. The van der Waals surface area contributed by atoms with E-state index in [0.29, 0.717) is 10.4 Å². The number of carbonyl (C=O) groups is 1. The number of rotatable bonds is 4. The zero-order chi connectivity index (χ0) is 12.3. The summed E-state index contributed by atoms with van der Waals surface area (Å²) in [6.45, 7) is 0. The van der Waals surface area contributed by atoms with Gasteiger partial charge in [-0.25, -0.2) is 8.78 Å². The predicted octanol–water partition coefficient (Wildman–Crippen LogP) is 3.98. The first-order chi connectivity index (χ1) is 8.20. The van der Waals surface area contributed by atoms with Crippen LogP contribution in [0.25, 0.3) is 0 Å². The molecule has 0 radical (unpaired) electrons. The van der Waals surface area contributed by atoms with Gasteiger partial charge in [0.2, 0.25) is 0 Å². The second kappa shape index (κ2) is 5.19. The van der Waals surface area contributed by atoms with Crippen molar-refractivity contribution < 1.29 is 13.6 Å². The molecule has 0 saturated carbocycles. The van der Waals surface area contributed by atoms with Crippen molar-refractivity contribution in [2.75, 3.05) is 0 Å². The Kier molecular flexibility index (Phi) is 3.64. The first-order valence-electron chi connectivity index (χ1n) is 5.11. The zero-order valence-electron chi connectivity index (χ0n) is 8.85. The van der Waals surface area contributed by atoms with Crippen LogP contribution in [0.2, 0.25) is 0 Å². The van der Waals surface area contributed by atoms with Gasteiger partial charge < -0.3 is 0 Å². The van der Waals surface area contributed by atoms with Gasteiger partial charge >= 0.3 is 0 Å². The summed E-state index contributed by atoms with van der Waals surface area (Å²) in [5, 5.41) is 1.71. The van der Waals surface area contributed by atoms with Crippen molar-refractivity contribution in [2.24, 2.45) is 0 Å². The highest BCUT2D eigenvalue weighted by Crippen LogP contribution is 2.28. The average Bonchev–Trinajstić information content (AvgIpc) is 2.83. The summed E-state index contributed by atoms with van der Waals surface area (Å²) in [4.78, 5) is 12.4. The molecule has 2 rings (SSSR count). The van der Waals surface area contributed by atoms with Crippen LogP contribution in [-0.2, 0) is 0 Å². The summed E-state index contributed by atoms with van der Waals surface area (Å²) >= 11 is 1.19. The van der Waals surface area contributed by atoms with Gasteiger partial charge in [-0.3, -0.25) is 4.79 Å². The number of Topliss-reactive ketones (excluding diaryl/α,β-unsaturated/α-hetero) is 1. The first kappa shape index (κ1) is 11.9. The van der Waals surface area contributed by atoms with Crippen LogP contribution in [-0.4, -0.2) is 12.2 Å². The molecule has 0 amide bonds. The molecule has 0 aliphatic rings. The van der Waals surface area contributed by atoms with Crippen molar-refractivity contribution in [1.82, 2.24) is 0 Å². The van der Waals surface area contributed by atoms with Crippen LogP contribution in [0.4, 0.5) is 8.78 Å². The smallest absolute Gasteiger partial charge is 0.252 e. The highest BCUT2D eigenvalue weighted by atomic mass is 32.1. The normalized spacial score (nSPS) is 12.6. The molecule has 1 heterocycles. The second-order valence-electron chi connectivity index (χ2n) is 3.56. The fraction of sp³-hybridized carbons (Fsp3) is 0.154. The minimum atomic E-state index is -2.69. The van der Waals surface area contributed by atoms with Crippen molar-refractivity contribution in [3.63, 3.8) is 0 Å². The molecule has 1 unspecified atom stereocenters. The van der Waals surface area contributed by atoms with Gasteiger partial charge in [-0.05, 0) is 17.0 Å². The van der Waals surface area contributed by atoms with Crippen molar-refractivity contribution in [1.29, 1.82) is 0 Å². The molecule has 1 aromatic carbocycles. The van der Waals surface area contributed by atoms with Crippen molar-refractivity contribution in [3.05, 3.63) is 58.3 Å². The van der Waals surface area contributed by atoms with Crippen LogP contribution >= 0.6 is 11.3 Å². The van der Waals surface area contributed by atoms with Crippen molar-refractivity contribution in [2.45, 2.75) is 12.3 Å². The Bertz CT molecular complexity index is 479.